The molecule has 90 valence electrons. The van der Waals surface area contributed by atoms with Crippen LogP contribution in [0, 0.1) is 5.92 Å². The molecule has 0 amide bonds. The number of aromatic amines is 1. The number of nitrogens with one attached hydrogen (secondary N) is 1. The van der Waals surface area contributed by atoms with Crippen LogP contribution in [0.1, 0.15) is 19.8 Å². The van der Waals surface area contributed by atoms with Crippen molar-refractivity contribution in [2.24, 2.45) is 5.92 Å². The molecule has 0 aliphatic heterocycles. The van der Waals surface area contributed by atoms with Gasteiger partial charge in [0.2, 0.25) is 0 Å². The number of nitrogens with zero attached hydrogens (tertiary/aromatic N) is 1. The molecule has 0 fully saturated rings. The zero-order valence-electron chi connectivity index (χ0n) is 9.00. The van der Waals surface area contributed by atoms with Crippen LogP contribution in [0.5, 0.6) is 0 Å². The Morgan fingerprint density at radius 2 is 2.19 bits per heavy atom. The van der Waals surface area contributed by atoms with E-state index in [0.29, 0.717) is 16.9 Å². The average molecular weight is 354 g/mol. The lowest BCUT2D eigenvalue weighted by Gasteiger charge is -2.14. The van der Waals surface area contributed by atoms with Crippen molar-refractivity contribution in [3.05, 3.63) is 31.5 Å². The van der Waals surface area contributed by atoms with Crippen LogP contribution < -0.4 is 11.2 Å². The first-order valence-corrected chi connectivity index (χ1v) is 7.05. The summed E-state index contributed by atoms with van der Waals surface area (Å²) in [6.07, 6.45) is 3.68. The molecule has 0 aliphatic carbocycles. The van der Waals surface area contributed by atoms with Gasteiger partial charge in [0.15, 0.2) is 0 Å². The summed E-state index contributed by atoms with van der Waals surface area (Å²) < 4.78 is 1.92. The van der Waals surface area contributed by atoms with Gasteiger partial charge in [-0.05, 0) is 28.3 Å². The third kappa shape index (κ3) is 3.59. The maximum Gasteiger partial charge on any atom is 0.328 e. The van der Waals surface area contributed by atoms with E-state index in [-0.39, 0.29) is 11.2 Å². The third-order valence-corrected chi connectivity index (χ3v) is 3.82. The first-order valence-electron chi connectivity index (χ1n) is 5.13. The number of aromatic nitrogens is 2. The van der Waals surface area contributed by atoms with Crippen molar-refractivity contribution < 1.29 is 0 Å². The van der Waals surface area contributed by atoms with E-state index in [9.17, 15) is 9.59 Å². The second-order valence-electron chi connectivity index (χ2n) is 3.70. The topological polar surface area (TPSA) is 54.9 Å². The lowest BCUT2D eigenvalue weighted by atomic mass is 10.1. The largest absolute Gasteiger partial charge is 0.328 e. The molecule has 4 nitrogen and oxygen atoms in total. The molecule has 0 saturated carbocycles. The fourth-order valence-corrected chi connectivity index (χ4v) is 2.40. The maximum absolute atomic E-state index is 11.5. The predicted octanol–water partition coefficient (Wildman–Crippen LogP) is 2.11. The van der Waals surface area contributed by atoms with E-state index in [1.165, 1.54) is 4.57 Å². The monoisotopic (exact) mass is 352 g/mol. The van der Waals surface area contributed by atoms with Crippen LogP contribution in [0.3, 0.4) is 0 Å². The second kappa shape index (κ2) is 6.39. The molecule has 1 unspecified atom stereocenters. The van der Waals surface area contributed by atoms with Gasteiger partial charge >= 0.3 is 5.69 Å². The van der Waals surface area contributed by atoms with Gasteiger partial charge in [0.05, 0.1) is 4.47 Å². The Labute approximate surface area is 110 Å². The molecule has 0 spiro atoms. The molecular weight excluding hydrogens is 340 g/mol. The van der Waals surface area contributed by atoms with Gasteiger partial charge in [0.1, 0.15) is 0 Å². The Hall–Kier alpha value is -0.360. The maximum atomic E-state index is 11.5. The van der Waals surface area contributed by atoms with Crippen molar-refractivity contribution in [3.63, 3.8) is 0 Å². The van der Waals surface area contributed by atoms with Gasteiger partial charge < -0.3 is 0 Å². The first-order chi connectivity index (χ1) is 7.58. The Morgan fingerprint density at radius 1 is 1.50 bits per heavy atom. The van der Waals surface area contributed by atoms with Gasteiger partial charge in [0, 0.05) is 18.1 Å². The van der Waals surface area contributed by atoms with E-state index in [4.69, 9.17) is 0 Å². The summed E-state index contributed by atoms with van der Waals surface area (Å²) in [6, 6.07) is 0. The average Bonchev–Trinajstić information content (AvgIpc) is 2.25. The fourth-order valence-electron chi connectivity index (χ4n) is 1.52. The third-order valence-electron chi connectivity index (χ3n) is 2.34. The van der Waals surface area contributed by atoms with E-state index in [2.05, 4.69) is 43.8 Å². The summed E-state index contributed by atoms with van der Waals surface area (Å²) in [5.74, 6) is 0.403. The SMILES string of the molecule is CCCC(CBr)Cn1cc(Br)c(=O)[nH]c1=O. The van der Waals surface area contributed by atoms with Crippen molar-refractivity contribution in [1.82, 2.24) is 9.55 Å². The highest BCUT2D eigenvalue weighted by Gasteiger charge is 2.09. The molecule has 0 saturated heterocycles. The van der Waals surface area contributed by atoms with E-state index >= 15 is 0 Å². The highest BCUT2D eigenvalue weighted by Crippen LogP contribution is 2.12. The minimum absolute atomic E-state index is 0.352. The van der Waals surface area contributed by atoms with Crippen LogP contribution in [0.25, 0.3) is 0 Å². The van der Waals surface area contributed by atoms with E-state index in [1.54, 1.807) is 6.20 Å². The predicted molar refractivity (Wildman–Crippen MR) is 71.2 cm³/mol. The molecule has 1 atom stereocenters. The highest BCUT2D eigenvalue weighted by atomic mass is 79.9. The standard InChI is InChI=1S/C10H14Br2N2O2/c1-2-3-7(4-11)5-14-6-8(12)9(15)13-10(14)16/h6-7H,2-5H2,1H3,(H,13,15,16). The van der Waals surface area contributed by atoms with Gasteiger partial charge in [-0.25, -0.2) is 4.79 Å². The van der Waals surface area contributed by atoms with Crippen molar-refractivity contribution >= 4 is 31.9 Å². The molecule has 1 heterocycles. The van der Waals surface area contributed by atoms with E-state index in [0.717, 1.165) is 18.2 Å². The molecular formula is C10H14Br2N2O2. The van der Waals surface area contributed by atoms with Crippen LogP contribution in [-0.2, 0) is 6.54 Å². The molecule has 0 radical (unpaired) electrons. The lowest BCUT2D eigenvalue weighted by molar-refractivity contribution is 0.441. The summed E-state index contributed by atoms with van der Waals surface area (Å²) in [4.78, 5) is 24.9. The second-order valence-corrected chi connectivity index (χ2v) is 5.20. The van der Waals surface area contributed by atoms with Gasteiger partial charge in [-0.15, -0.1) is 0 Å². The van der Waals surface area contributed by atoms with Gasteiger partial charge in [-0.3, -0.25) is 14.3 Å². The smallest absolute Gasteiger partial charge is 0.299 e. The van der Waals surface area contributed by atoms with E-state index in [1.807, 2.05) is 0 Å². The van der Waals surface area contributed by atoms with Crippen LogP contribution in [0.15, 0.2) is 20.3 Å². The zero-order valence-corrected chi connectivity index (χ0v) is 12.2. The van der Waals surface area contributed by atoms with Crippen molar-refractivity contribution in [2.75, 3.05) is 5.33 Å². The van der Waals surface area contributed by atoms with Crippen LogP contribution in [0.2, 0.25) is 0 Å². The number of alkyl halides is 1. The number of rotatable bonds is 5. The summed E-state index contributed by atoms with van der Waals surface area (Å²) >= 11 is 6.55. The van der Waals surface area contributed by atoms with Crippen molar-refractivity contribution in [2.45, 2.75) is 26.3 Å². The molecule has 0 bridgehead atoms. The summed E-state index contributed by atoms with van der Waals surface area (Å²) in [7, 11) is 0. The molecule has 6 heteroatoms. The Kier molecular flexibility index (Phi) is 5.48. The number of hydrogen-bond donors (Lipinski definition) is 1. The Balaban J connectivity index is 2.92. The van der Waals surface area contributed by atoms with Crippen molar-refractivity contribution in [3.8, 4) is 0 Å². The number of H-pyrrole nitrogens is 1. The molecule has 1 aromatic heterocycles. The summed E-state index contributed by atoms with van der Waals surface area (Å²) in [6.45, 7) is 2.73. The van der Waals surface area contributed by atoms with Crippen LogP contribution >= 0.6 is 31.9 Å². The lowest BCUT2D eigenvalue weighted by Crippen LogP contribution is -2.32. The quantitative estimate of drug-likeness (QED) is 0.824. The molecule has 1 aromatic rings. The van der Waals surface area contributed by atoms with Gasteiger partial charge in [0.25, 0.3) is 5.56 Å². The van der Waals surface area contributed by atoms with Crippen LogP contribution in [0.4, 0.5) is 0 Å². The molecule has 0 aliphatic rings. The minimum Gasteiger partial charge on any atom is -0.299 e. The van der Waals surface area contributed by atoms with Crippen molar-refractivity contribution in [1.29, 1.82) is 0 Å². The molecule has 0 aromatic carbocycles. The van der Waals surface area contributed by atoms with Crippen LogP contribution in [-0.4, -0.2) is 14.9 Å². The Morgan fingerprint density at radius 3 is 2.75 bits per heavy atom. The molecule has 1 rings (SSSR count). The summed E-state index contributed by atoms with van der Waals surface area (Å²) in [5, 5.41) is 0.851. The first kappa shape index (κ1) is 13.7. The molecule has 1 N–H and O–H groups in total. The minimum atomic E-state index is -0.382. The normalized spacial score (nSPS) is 12.7. The van der Waals surface area contributed by atoms with Gasteiger partial charge in [-0.1, -0.05) is 29.3 Å². The highest BCUT2D eigenvalue weighted by molar-refractivity contribution is 9.10. The summed E-state index contributed by atoms with van der Waals surface area (Å²) in [5.41, 5.74) is -0.734. The fraction of sp³-hybridized carbons (Fsp3) is 0.600. The van der Waals surface area contributed by atoms with Gasteiger partial charge in [-0.2, -0.15) is 0 Å². The zero-order chi connectivity index (χ0) is 12.1. The van der Waals surface area contributed by atoms with E-state index < -0.39 is 0 Å². The molecule has 16 heavy (non-hydrogen) atoms. The number of halogens is 2. The Bertz CT molecular complexity index is 453. The number of hydrogen-bond acceptors (Lipinski definition) is 2.